The standard InChI is InChI=1S/C13H18N4O5S.ClH/c14-6-5-13(18)15-7-9-16(10-8-15)23(21,22)12-4-2-1-3-11(12)17(19)20;/h1-4H,5-10,14H2;1H. The first kappa shape index (κ1) is 20.3. The molecule has 0 atom stereocenters. The molecule has 1 heterocycles. The van der Waals surface area contributed by atoms with Crippen molar-refractivity contribution < 1.29 is 18.1 Å². The fraction of sp³-hybridized carbons (Fsp3) is 0.462. The van der Waals surface area contributed by atoms with E-state index in [0.717, 1.165) is 6.07 Å². The third-order valence-electron chi connectivity index (χ3n) is 3.63. The van der Waals surface area contributed by atoms with E-state index in [0.29, 0.717) is 0 Å². The summed E-state index contributed by atoms with van der Waals surface area (Å²) in [6.45, 7) is 0.945. The second kappa shape index (κ2) is 8.38. The van der Waals surface area contributed by atoms with Crippen molar-refractivity contribution in [3.63, 3.8) is 0 Å². The van der Waals surface area contributed by atoms with Crippen molar-refractivity contribution >= 4 is 34.0 Å². The fourth-order valence-electron chi connectivity index (χ4n) is 2.42. The molecule has 0 aromatic heterocycles. The highest BCUT2D eigenvalue weighted by molar-refractivity contribution is 7.89. The average Bonchev–Trinajstić information content (AvgIpc) is 2.55. The Morgan fingerprint density at radius 2 is 1.79 bits per heavy atom. The van der Waals surface area contributed by atoms with Crippen molar-refractivity contribution in [1.82, 2.24) is 9.21 Å². The number of carbonyl (C=O) groups is 1. The van der Waals surface area contributed by atoms with E-state index in [1.165, 1.54) is 22.5 Å². The number of nitrogens with two attached hydrogens (primary N) is 1. The summed E-state index contributed by atoms with van der Waals surface area (Å²) in [5, 5.41) is 11.0. The Morgan fingerprint density at radius 1 is 1.21 bits per heavy atom. The lowest BCUT2D eigenvalue weighted by atomic mass is 10.3. The van der Waals surface area contributed by atoms with Crippen molar-refractivity contribution in [2.75, 3.05) is 32.7 Å². The zero-order valence-corrected chi connectivity index (χ0v) is 14.5. The van der Waals surface area contributed by atoms with Gasteiger partial charge in [-0.3, -0.25) is 14.9 Å². The number of sulfonamides is 1. The van der Waals surface area contributed by atoms with Crippen LogP contribution in [0.15, 0.2) is 29.2 Å². The van der Waals surface area contributed by atoms with Gasteiger partial charge in [-0.1, -0.05) is 12.1 Å². The topological polar surface area (TPSA) is 127 Å². The molecule has 1 aromatic rings. The molecule has 2 rings (SSSR count). The van der Waals surface area contributed by atoms with E-state index in [1.807, 2.05) is 0 Å². The highest BCUT2D eigenvalue weighted by atomic mass is 35.5. The maximum absolute atomic E-state index is 12.6. The van der Waals surface area contributed by atoms with Gasteiger partial charge in [-0.15, -0.1) is 12.4 Å². The summed E-state index contributed by atoms with van der Waals surface area (Å²) in [6, 6.07) is 5.24. The maximum atomic E-state index is 12.6. The molecule has 0 radical (unpaired) electrons. The van der Waals surface area contributed by atoms with Crippen molar-refractivity contribution in [3.8, 4) is 0 Å². The van der Waals surface area contributed by atoms with E-state index < -0.39 is 20.6 Å². The minimum atomic E-state index is -3.97. The molecule has 1 aliphatic heterocycles. The van der Waals surface area contributed by atoms with Crippen LogP contribution in [0, 0.1) is 10.1 Å². The van der Waals surface area contributed by atoms with Gasteiger partial charge >= 0.3 is 0 Å². The Hall–Kier alpha value is -1.75. The van der Waals surface area contributed by atoms with E-state index in [4.69, 9.17) is 5.73 Å². The Kier molecular flexibility index (Phi) is 7.08. The predicted molar refractivity (Wildman–Crippen MR) is 89.4 cm³/mol. The molecule has 2 N–H and O–H groups in total. The molecule has 0 spiro atoms. The summed E-state index contributed by atoms with van der Waals surface area (Å²) < 4.78 is 26.4. The molecule has 1 amide bonds. The van der Waals surface area contributed by atoms with Crippen LogP contribution in [-0.4, -0.2) is 61.2 Å². The van der Waals surface area contributed by atoms with Crippen LogP contribution in [0.25, 0.3) is 0 Å². The number of halogens is 1. The number of rotatable bonds is 5. The van der Waals surface area contributed by atoms with Gasteiger partial charge in [-0.05, 0) is 6.07 Å². The molecule has 1 aliphatic rings. The number of para-hydroxylation sites is 1. The molecule has 0 bridgehead atoms. The third-order valence-corrected chi connectivity index (χ3v) is 5.58. The minimum absolute atomic E-state index is 0. The van der Waals surface area contributed by atoms with Crippen LogP contribution in [0.2, 0.25) is 0 Å². The van der Waals surface area contributed by atoms with Crippen LogP contribution >= 0.6 is 12.4 Å². The minimum Gasteiger partial charge on any atom is -0.340 e. The first-order valence-corrected chi connectivity index (χ1v) is 8.53. The second-order valence-corrected chi connectivity index (χ2v) is 6.95. The molecular formula is C13H19ClN4O5S. The van der Waals surface area contributed by atoms with E-state index >= 15 is 0 Å². The molecule has 1 saturated heterocycles. The zero-order chi connectivity index (χ0) is 17.0. The molecule has 0 aliphatic carbocycles. The van der Waals surface area contributed by atoms with Gasteiger partial charge in [0.25, 0.3) is 5.69 Å². The molecule has 1 aromatic carbocycles. The van der Waals surface area contributed by atoms with Crippen LogP contribution in [0.1, 0.15) is 6.42 Å². The molecule has 0 saturated carbocycles. The number of hydrogen-bond acceptors (Lipinski definition) is 6. The van der Waals surface area contributed by atoms with Gasteiger partial charge in [0.15, 0.2) is 4.90 Å². The quantitative estimate of drug-likeness (QED) is 0.575. The summed E-state index contributed by atoms with van der Waals surface area (Å²) in [5.41, 5.74) is 4.89. The van der Waals surface area contributed by atoms with E-state index in [-0.39, 0.29) is 62.4 Å². The number of hydrogen-bond donors (Lipinski definition) is 1. The number of nitro benzene ring substituents is 1. The van der Waals surface area contributed by atoms with Crippen molar-refractivity contribution in [2.45, 2.75) is 11.3 Å². The van der Waals surface area contributed by atoms with Crippen LogP contribution in [0.4, 0.5) is 5.69 Å². The van der Waals surface area contributed by atoms with Gasteiger partial charge in [0, 0.05) is 45.2 Å². The third kappa shape index (κ3) is 4.20. The Morgan fingerprint density at radius 3 is 2.33 bits per heavy atom. The van der Waals surface area contributed by atoms with E-state index in [2.05, 4.69) is 0 Å². The largest absolute Gasteiger partial charge is 0.340 e. The summed E-state index contributed by atoms with van der Waals surface area (Å²) >= 11 is 0. The van der Waals surface area contributed by atoms with Crippen molar-refractivity contribution in [3.05, 3.63) is 34.4 Å². The normalized spacial score (nSPS) is 15.6. The average molecular weight is 379 g/mol. The van der Waals surface area contributed by atoms with E-state index in [9.17, 15) is 23.3 Å². The van der Waals surface area contributed by atoms with Crippen molar-refractivity contribution in [1.29, 1.82) is 0 Å². The van der Waals surface area contributed by atoms with Gasteiger partial charge in [0.1, 0.15) is 0 Å². The summed E-state index contributed by atoms with van der Waals surface area (Å²) in [7, 11) is -3.97. The SMILES string of the molecule is Cl.NCCC(=O)N1CCN(S(=O)(=O)c2ccccc2[N+](=O)[O-])CC1. The van der Waals surface area contributed by atoms with Crippen LogP contribution in [-0.2, 0) is 14.8 Å². The number of amides is 1. The monoisotopic (exact) mass is 378 g/mol. The second-order valence-electron chi connectivity index (χ2n) is 5.05. The van der Waals surface area contributed by atoms with Crippen LogP contribution in [0.3, 0.4) is 0 Å². The molecular weight excluding hydrogens is 360 g/mol. The number of carbonyl (C=O) groups excluding carboxylic acids is 1. The number of piperazine rings is 1. The number of nitrogens with zero attached hydrogens (tertiary/aromatic N) is 3. The molecule has 24 heavy (non-hydrogen) atoms. The number of benzene rings is 1. The lowest BCUT2D eigenvalue weighted by Crippen LogP contribution is -2.50. The molecule has 134 valence electrons. The summed E-state index contributed by atoms with van der Waals surface area (Å²) in [6.07, 6.45) is 0.219. The molecule has 9 nitrogen and oxygen atoms in total. The Bertz CT molecular complexity index is 704. The maximum Gasteiger partial charge on any atom is 0.289 e. The van der Waals surface area contributed by atoms with Gasteiger partial charge in [-0.2, -0.15) is 4.31 Å². The molecule has 0 unspecified atom stereocenters. The summed E-state index contributed by atoms with van der Waals surface area (Å²) in [4.78, 5) is 23.3. The van der Waals surface area contributed by atoms with Crippen LogP contribution in [0.5, 0.6) is 0 Å². The Balaban J connectivity index is 0.00000288. The smallest absolute Gasteiger partial charge is 0.289 e. The first-order chi connectivity index (χ1) is 10.9. The predicted octanol–water partition coefficient (Wildman–Crippen LogP) is 0.198. The van der Waals surface area contributed by atoms with Crippen molar-refractivity contribution in [2.24, 2.45) is 5.73 Å². The van der Waals surface area contributed by atoms with Gasteiger partial charge in [0.05, 0.1) is 4.92 Å². The molecule has 11 heteroatoms. The van der Waals surface area contributed by atoms with Crippen LogP contribution < -0.4 is 5.73 Å². The summed E-state index contributed by atoms with van der Waals surface area (Å²) in [5.74, 6) is -0.116. The Labute approximate surface area is 146 Å². The number of nitro groups is 1. The highest BCUT2D eigenvalue weighted by Crippen LogP contribution is 2.26. The molecule has 1 fully saturated rings. The lowest BCUT2D eigenvalue weighted by Gasteiger charge is -2.33. The van der Waals surface area contributed by atoms with E-state index in [1.54, 1.807) is 4.90 Å². The highest BCUT2D eigenvalue weighted by Gasteiger charge is 2.34. The van der Waals surface area contributed by atoms with Gasteiger partial charge in [-0.25, -0.2) is 8.42 Å². The lowest BCUT2D eigenvalue weighted by molar-refractivity contribution is -0.387. The van der Waals surface area contributed by atoms with Gasteiger partial charge in [0.2, 0.25) is 15.9 Å². The first-order valence-electron chi connectivity index (χ1n) is 7.09. The zero-order valence-electron chi connectivity index (χ0n) is 12.8. The van der Waals surface area contributed by atoms with Gasteiger partial charge < -0.3 is 10.6 Å². The fourth-order valence-corrected chi connectivity index (χ4v) is 4.00.